The Bertz CT molecular complexity index is 999. The van der Waals surface area contributed by atoms with Crippen LogP contribution in [0, 0.1) is 5.41 Å². The van der Waals surface area contributed by atoms with Crippen molar-refractivity contribution in [2.75, 3.05) is 6.54 Å². The van der Waals surface area contributed by atoms with Crippen LogP contribution in [0.2, 0.25) is 0 Å². The fourth-order valence-corrected chi connectivity index (χ4v) is 3.15. The van der Waals surface area contributed by atoms with Gasteiger partial charge in [0.05, 0.1) is 6.04 Å². The molecule has 14 heteroatoms. The van der Waals surface area contributed by atoms with Crippen LogP contribution >= 0.6 is 0 Å². The molecule has 0 fully saturated rings. The van der Waals surface area contributed by atoms with Crippen molar-refractivity contribution in [1.29, 1.82) is 5.41 Å². The summed E-state index contributed by atoms with van der Waals surface area (Å²) in [5, 5.41) is 37.0. The molecular weight excluding hydrogens is 460 g/mol. The maximum Gasteiger partial charge on any atom is 0.326 e. The number of hydrogen-bond acceptors (Lipinski definition) is 8. The quantitative estimate of drug-likeness (QED) is 0.101. The number of hydrogen-bond donors (Lipinski definition) is 8. The number of amides is 2. The largest absolute Gasteiger partial charge is 0.481 e. The fourth-order valence-electron chi connectivity index (χ4n) is 3.15. The molecule has 2 amide bonds. The first-order valence-corrected chi connectivity index (χ1v) is 10.9. The van der Waals surface area contributed by atoms with Crippen LogP contribution in [-0.2, 0) is 16.0 Å². The van der Waals surface area contributed by atoms with Gasteiger partial charge in [0.25, 0.3) is 0 Å². The number of carboxylic acids is 2. The van der Waals surface area contributed by atoms with Gasteiger partial charge in [-0.1, -0.05) is 35.5 Å². The lowest BCUT2D eigenvalue weighted by Crippen LogP contribution is -2.48. The Labute approximate surface area is 201 Å². The number of urea groups is 1. The van der Waals surface area contributed by atoms with Crippen LogP contribution in [0.5, 0.6) is 0 Å². The van der Waals surface area contributed by atoms with Gasteiger partial charge in [-0.3, -0.25) is 10.2 Å². The average Bonchev–Trinajstić information content (AvgIpc) is 3.29. The van der Waals surface area contributed by atoms with Gasteiger partial charge in [0, 0.05) is 19.4 Å². The van der Waals surface area contributed by atoms with Crippen molar-refractivity contribution < 1.29 is 29.1 Å². The number of nitrogens with one attached hydrogen (secondary N) is 4. The van der Waals surface area contributed by atoms with Crippen LogP contribution in [0.4, 0.5) is 4.79 Å². The Balaban J connectivity index is 2.03. The third-order valence-corrected chi connectivity index (χ3v) is 4.93. The lowest BCUT2D eigenvalue weighted by molar-refractivity contribution is -0.139. The first kappa shape index (κ1) is 27.0. The van der Waals surface area contributed by atoms with Crippen LogP contribution in [0.25, 0.3) is 0 Å². The summed E-state index contributed by atoms with van der Waals surface area (Å²) in [6.07, 6.45) is 0.705. The van der Waals surface area contributed by atoms with Crippen molar-refractivity contribution in [2.24, 2.45) is 11.5 Å². The first-order valence-electron chi connectivity index (χ1n) is 10.9. The van der Waals surface area contributed by atoms with Crippen molar-refractivity contribution in [3.05, 3.63) is 47.6 Å². The normalized spacial score (nSPS) is 13.3. The third kappa shape index (κ3) is 9.67. The molecule has 0 aliphatic heterocycles. The molecule has 2 aromatic rings. The molecular formula is C21H30N8O6. The molecule has 0 aliphatic carbocycles. The van der Waals surface area contributed by atoms with E-state index in [-0.39, 0.29) is 36.9 Å². The second-order valence-corrected chi connectivity index (χ2v) is 7.76. The van der Waals surface area contributed by atoms with Crippen LogP contribution in [0.3, 0.4) is 0 Å². The summed E-state index contributed by atoms with van der Waals surface area (Å²) < 4.78 is 5.21. The van der Waals surface area contributed by atoms with E-state index < -0.39 is 36.1 Å². The predicted molar refractivity (Wildman–Crippen MR) is 123 cm³/mol. The molecule has 1 heterocycles. The molecule has 0 saturated carbocycles. The molecule has 2 rings (SSSR count). The molecule has 3 unspecified atom stereocenters. The van der Waals surface area contributed by atoms with Crippen molar-refractivity contribution in [3.63, 3.8) is 0 Å². The molecule has 190 valence electrons. The second kappa shape index (κ2) is 13.5. The Hall–Kier alpha value is -4.20. The van der Waals surface area contributed by atoms with Crippen molar-refractivity contribution in [1.82, 2.24) is 26.1 Å². The van der Waals surface area contributed by atoms with Gasteiger partial charge in [-0.2, -0.15) is 4.98 Å². The molecule has 0 radical (unpaired) electrons. The molecule has 35 heavy (non-hydrogen) atoms. The number of nitrogens with zero attached hydrogens (tertiary/aromatic N) is 2. The highest BCUT2D eigenvalue weighted by molar-refractivity contribution is 5.83. The minimum absolute atomic E-state index is 0.0522. The maximum absolute atomic E-state index is 12.6. The van der Waals surface area contributed by atoms with E-state index in [1.165, 1.54) is 0 Å². The van der Waals surface area contributed by atoms with E-state index in [9.17, 15) is 19.5 Å². The first-order chi connectivity index (χ1) is 16.7. The van der Waals surface area contributed by atoms with E-state index in [0.29, 0.717) is 19.4 Å². The summed E-state index contributed by atoms with van der Waals surface area (Å²) >= 11 is 0. The summed E-state index contributed by atoms with van der Waals surface area (Å²) in [7, 11) is 0. The van der Waals surface area contributed by atoms with E-state index >= 15 is 0 Å². The third-order valence-electron chi connectivity index (χ3n) is 4.93. The summed E-state index contributed by atoms with van der Waals surface area (Å²) in [6.45, 7) is 0.435. The van der Waals surface area contributed by atoms with Gasteiger partial charge in [0.2, 0.25) is 5.89 Å². The minimum Gasteiger partial charge on any atom is -0.481 e. The number of carbonyl (C=O) groups is 3. The van der Waals surface area contributed by atoms with Crippen molar-refractivity contribution in [3.8, 4) is 0 Å². The van der Waals surface area contributed by atoms with Gasteiger partial charge in [-0.05, 0) is 24.8 Å². The number of nitrogens with two attached hydrogens (primary N) is 2. The summed E-state index contributed by atoms with van der Waals surface area (Å²) in [5.41, 5.74) is 12.0. The monoisotopic (exact) mass is 490 g/mol. The van der Waals surface area contributed by atoms with Gasteiger partial charge in [-0.25, -0.2) is 9.59 Å². The molecule has 0 bridgehead atoms. The Kier molecular flexibility index (Phi) is 10.4. The molecule has 14 nitrogen and oxygen atoms in total. The number of rotatable bonds is 14. The summed E-state index contributed by atoms with van der Waals surface area (Å²) in [5.74, 6) is -2.36. The van der Waals surface area contributed by atoms with Gasteiger partial charge in [-0.15, -0.1) is 0 Å². The zero-order valence-corrected chi connectivity index (χ0v) is 18.9. The topological polar surface area (TPSA) is 243 Å². The van der Waals surface area contributed by atoms with E-state index in [1.807, 2.05) is 0 Å². The van der Waals surface area contributed by atoms with E-state index in [0.717, 1.165) is 5.56 Å². The number of benzene rings is 1. The van der Waals surface area contributed by atoms with E-state index in [2.05, 4.69) is 26.1 Å². The fraction of sp³-hybridized carbons (Fsp3) is 0.429. The standard InChI is InChI=1S/C21H30N8O6/c22-13(7-4-10-25-20(23)24)17-28-18(35-29-17)14(8-9-16(30)31)26-21(34)27-15(19(32)33)11-12-5-2-1-3-6-12/h1-3,5-6,13-15H,4,7-11,22H2,(H,30,31)(H,32,33)(H4,23,24,25)(H2,26,27,34). The van der Waals surface area contributed by atoms with Gasteiger partial charge >= 0.3 is 18.0 Å². The predicted octanol–water partition coefficient (Wildman–Crippen LogP) is 0.234. The summed E-state index contributed by atoms with van der Waals surface area (Å²) in [4.78, 5) is 39.5. The number of carbonyl (C=O) groups excluding carboxylic acids is 1. The highest BCUT2D eigenvalue weighted by atomic mass is 16.5. The highest BCUT2D eigenvalue weighted by Crippen LogP contribution is 2.20. The van der Waals surface area contributed by atoms with Crippen molar-refractivity contribution >= 4 is 23.9 Å². The van der Waals surface area contributed by atoms with Crippen molar-refractivity contribution in [2.45, 2.75) is 50.2 Å². The number of carboxylic acid groups (broad SMARTS) is 2. The summed E-state index contributed by atoms with van der Waals surface area (Å²) in [6, 6.07) is 5.16. The maximum atomic E-state index is 12.6. The lowest BCUT2D eigenvalue weighted by Gasteiger charge is -2.18. The Morgan fingerprint density at radius 3 is 2.46 bits per heavy atom. The molecule has 3 atom stereocenters. The van der Waals surface area contributed by atoms with E-state index in [4.69, 9.17) is 26.5 Å². The van der Waals surface area contributed by atoms with E-state index in [1.54, 1.807) is 30.3 Å². The average molecular weight is 491 g/mol. The minimum atomic E-state index is -1.23. The number of aromatic nitrogens is 2. The highest BCUT2D eigenvalue weighted by Gasteiger charge is 2.26. The molecule has 1 aromatic heterocycles. The van der Waals surface area contributed by atoms with Crippen LogP contribution in [0.1, 0.15) is 55.0 Å². The molecule has 10 N–H and O–H groups in total. The Morgan fingerprint density at radius 1 is 1.11 bits per heavy atom. The second-order valence-electron chi connectivity index (χ2n) is 7.76. The SMILES string of the molecule is N=C(N)NCCCC(N)c1noc(C(CCC(=O)O)NC(=O)NC(Cc2ccccc2)C(=O)O)n1. The van der Waals surface area contributed by atoms with Crippen LogP contribution in [0.15, 0.2) is 34.9 Å². The smallest absolute Gasteiger partial charge is 0.326 e. The van der Waals surface area contributed by atoms with Gasteiger partial charge in [0.1, 0.15) is 12.1 Å². The zero-order chi connectivity index (χ0) is 25.8. The molecule has 1 aromatic carbocycles. The van der Waals surface area contributed by atoms with Gasteiger partial charge < -0.3 is 42.2 Å². The molecule has 0 aliphatic rings. The van der Waals surface area contributed by atoms with Crippen LogP contribution < -0.4 is 27.4 Å². The molecule has 0 spiro atoms. The number of guanidine groups is 1. The Morgan fingerprint density at radius 2 is 1.83 bits per heavy atom. The zero-order valence-electron chi connectivity index (χ0n) is 18.9. The number of aliphatic carboxylic acids is 2. The lowest BCUT2D eigenvalue weighted by atomic mass is 10.1. The van der Waals surface area contributed by atoms with Crippen LogP contribution in [-0.4, -0.2) is 56.9 Å². The molecule has 0 saturated heterocycles. The van der Waals surface area contributed by atoms with Gasteiger partial charge in [0.15, 0.2) is 11.8 Å².